The fourth-order valence-corrected chi connectivity index (χ4v) is 6.85. The Kier molecular flexibility index (Phi) is 12.2. The summed E-state index contributed by atoms with van der Waals surface area (Å²) in [6.45, 7) is 7.49. The molecule has 228 valence electrons. The summed E-state index contributed by atoms with van der Waals surface area (Å²) in [5.41, 5.74) is -2.14. The van der Waals surface area contributed by atoms with Crippen LogP contribution in [0.4, 0.5) is 4.39 Å². The molecule has 3 N–H and O–H groups in total. The molecule has 1 saturated heterocycles. The number of thioether (sulfide) groups is 1. The minimum atomic E-state index is -3.52. The molecule has 0 aliphatic carbocycles. The van der Waals surface area contributed by atoms with E-state index in [0.717, 1.165) is 22.5 Å². The van der Waals surface area contributed by atoms with E-state index in [4.69, 9.17) is 41.9 Å². The molecule has 17 heteroatoms. The molecule has 0 saturated carbocycles. The molecule has 1 fully saturated rings. The zero-order valence-corrected chi connectivity index (χ0v) is 26.5. The van der Waals surface area contributed by atoms with E-state index in [9.17, 15) is 24.3 Å². The highest BCUT2D eigenvalue weighted by Crippen LogP contribution is 2.48. The number of H-pyrrole nitrogens is 1. The number of aromatic nitrogens is 2. The second kappa shape index (κ2) is 13.9. The quantitative estimate of drug-likeness (QED) is 0.132. The van der Waals surface area contributed by atoms with E-state index < -0.39 is 71.6 Å². The topological polar surface area (TPSA) is 158 Å². The van der Waals surface area contributed by atoms with Crippen LogP contribution >= 0.6 is 30.0 Å². The van der Waals surface area contributed by atoms with Crippen LogP contribution in [0.2, 0.25) is 0 Å². The predicted molar refractivity (Wildman–Crippen MR) is 153 cm³/mol. The van der Waals surface area contributed by atoms with Crippen molar-refractivity contribution < 1.29 is 37.6 Å². The highest BCUT2D eigenvalue weighted by molar-refractivity contribution is 8.13. The third-order valence-electron chi connectivity index (χ3n) is 5.43. The van der Waals surface area contributed by atoms with Gasteiger partial charge in [-0.2, -0.15) is 0 Å². The summed E-state index contributed by atoms with van der Waals surface area (Å²) in [5, 5.41) is 10.3. The average molecular weight is 648 g/mol. The summed E-state index contributed by atoms with van der Waals surface area (Å²) in [6, 6.07) is -0.963. The minimum Gasteiger partial charge on any atom is -0.462 e. The Morgan fingerprint density at radius 1 is 1.35 bits per heavy atom. The largest absolute Gasteiger partial charge is 0.462 e. The molecule has 1 aliphatic rings. The van der Waals surface area contributed by atoms with Crippen molar-refractivity contribution in [1.29, 1.82) is 0 Å². The number of nitrogens with one attached hydrogen (secondary N) is 2. The molecule has 1 aliphatic heterocycles. The molecule has 2 rings (SSSR count). The van der Waals surface area contributed by atoms with Crippen LogP contribution in [0.15, 0.2) is 15.8 Å². The average Bonchev–Trinajstić information content (AvgIpc) is 3.05. The number of rotatable bonds is 12. The van der Waals surface area contributed by atoms with Crippen molar-refractivity contribution in [1.82, 2.24) is 14.6 Å². The van der Waals surface area contributed by atoms with Crippen LogP contribution in [0.25, 0.3) is 0 Å². The number of hydrogen-bond acceptors (Lipinski definition) is 11. The number of halogens is 2. The fraction of sp³-hybridized carbons (Fsp3) is 0.739. The molecule has 2 heterocycles. The zero-order valence-electron chi connectivity index (χ0n) is 23.3. The lowest BCUT2D eigenvalue weighted by Gasteiger charge is -2.28. The molecule has 6 unspecified atom stereocenters. The maximum atomic E-state index is 15.4. The lowest BCUT2D eigenvalue weighted by atomic mass is 10.00. The van der Waals surface area contributed by atoms with Crippen molar-refractivity contribution in [2.45, 2.75) is 84.2 Å². The van der Waals surface area contributed by atoms with Crippen molar-refractivity contribution in [2.24, 2.45) is 5.41 Å². The number of hydrogen-bond donors (Lipinski definition) is 3. The van der Waals surface area contributed by atoms with Crippen LogP contribution in [0.5, 0.6) is 0 Å². The van der Waals surface area contributed by atoms with E-state index in [1.807, 2.05) is 4.98 Å². The lowest BCUT2D eigenvalue weighted by molar-refractivity contribution is -0.149. The third-order valence-corrected chi connectivity index (χ3v) is 9.75. The highest BCUT2D eigenvalue weighted by Gasteiger charge is 2.58. The molecule has 0 bridgehead atoms. The van der Waals surface area contributed by atoms with Gasteiger partial charge in [0.05, 0.1) is 19.3 Å². The Hall–Kier alpha value is -1.16. The molecule has 0 spiro atoms. The number of carbonyl (C=O) groups is 2. The SMILES string of the molecule is Cc1cn(C2OC(COP(=S)(NC(C)C(=O)OC(C)C)OCCSC(=O)C(C)(C)C)C(O)C2(F)Cl)c(=O)[nH]c1=O. The second-order valence-electron chi connectivity index (χ2n) is 10.5. The van der Waals surface area contributed by atoms with Crippen LogP contribution in [0.3, 0.4) is 0 Å². The van der Waals surface area contributed by atoms with Gasteiger partial charge in [0.1, 0.15) is 18.2 Å². The molecular weight excluding hydrogens is 612 g/mol. The van der Waals surface area contributed by atoms with Crippen LogP contribution in [-0.2, 0) is 39.9 Å². The predicted octanol–water partition coefficient (Wildman–Crippen LogP) is 2.50. The number of ether oxygens (including phenoxy) is 2. The first-order chi connectivity index (χ1) is 18.3. The second-order valence-corrected chi connectivity index (χ2v) is 15.3. The molecular formula is C23H36ClFN3O9PS2. The number of carbonyl (C=O) groups excluding carboxylic acids is 2. The molecule has 40 heavy (non-hydrogen) atoms. The molecule has 1 aromatic heterocycles. The van der Waals surface area contributed by atoms with Gasteiger partial charge >= 0.3 is 11.7 Å². The van der Waals surface area contributed by atoms with E-state index in [2.05, 4.69) is 5.09 Å². The van der Waals surface area contributed by atoms with Gasteiger partial charge < -0.3 is 23.6 Å². The normalized spacial score (nSPS) is 25.5. The Labute approximate surface area is 245 Å². The van der Waals surface area contributed by atoms with Crippen LogP contribution in [0.1, 0.15) is 53.3 Å². The van der Waals surface area contributed by atoms with Gasteiger partial charge in [0.25, 0.3) is 17.3 Å². The molecule has 0 radical (unpaired) electrons. The number of aliphatic hydroxyl groups is 1. The number of aliphatic hydroxyl groups excluding tert-OH is 1. The smallest absolute Gasteiger partial charge is 0.330 e. The summed E-state index contributed by atoms with van der Waals surface area (Å²) >= 11 is 12.6. The first-order valence-corrected chi connectivity index (χ1v) is 16.4. The first kappa shape index (κ1) is 35.0. The van der Waals surface area contributed by atoms with Gasteiger partial charge in [0.15, 0.2) is 11.3 Å². The molecule has 0 aromatic carbocycles. The summed E-state index contributed by atoms with van der Waals surface area (Å²) in [7, 11) is 0. The Morgan fingerprint density at radius 3 is 2.55 bits per heavy atom. The van der Waals surface area contributed by atoms with Gasteiger partial charge in [-0.15, -0.1) is 0 Å². The zero-order chi connectivity index (χ0) is 30.6. The summed E-state index contributed by atoms with van der Waals surface area (Å²) in [6.07, 6.45) is -4.55. The fourth-order valence-electron chi connectivity index (χ4n) is 3.28. The molecule has 1 aromatic rings. The summed E-state index contributed by atoms with van der Waals surface area (Å²) in [5.74, 6) is -0.388. The molecule has 6 atom stereocenters. The van der Waals surface area contributed by atoms with Gasteiger partial charge in [0, 0.05) is 22.9 Å². The van der Waals surface area contributed by atoms with E-state index in [-0.39, 0.29) is 23.0 Å². The Bertz CT molecular complexity index is 1240. The van der Waals surface area contributed by atoms with E-state index in [1.165, 1.54) is 13.8 Å². The van der Waals surface area contributed by atoms with Gasteiger partial charge in [-0.25, -0.2) is 14.3 Å². The Balaban J connectivity index is 2.19. The van der Waals surface area contributed by atoms with E-state index >= 15 is 4.39 Å². The van der Waals surface area contributed by atoms with Crippen LogP contribution < -0.4 is 16.3 Å². The van der Waals surface area contributed by atoms with Crippen molar-refractivity contribution in [3.63, 3.8) is 0 Å². The van der Waals surface area contributed by atoms with Crippen molar-refractivity contribution in [3.05, 3.63) is 32.6 Å². The monoisotopic (exact) mass is 647 g/mol. The van der Waals surface area contributed by atoms with Gasteiger partial charge in [-0.1, -0.05) is 44.1 Å². The number of aromatic amines is 1. The van der Waals surface area contributed by atoms with E-state index in [1.54, 1.807) is 34.6 Å². The maximum absolute atomic E-state index is 15.4. The molecule has 12 nitrogen and oxygen atoms in total. The summed E-state index contributed by atoms with van der Waals surface area (Å²) in [4.78, 5) is 50.6. The first-order valence-electron chi connectivity index (χ1n) is 12.4. The molecule has 0 amide bonds. The number of nitrogens with zero attached hydrogens (tertiary/aromatic N) is 1. The van der Waals surface area contributed by atoms with Crippen molar-refractivity contribution >= 4 is 52.9 Å². The van der Waals surface area contributed by atoms with Crippen LogP contribution in [0, 0.1) is 12.3 Å². The maximum Gasteiger partial charge on any atom is 0.330 e. The van der Waals surface area contributed by atoms with Gasteiger partial charge in [-0.05, 0) is 39.5 Å². The highest BCUT2D eigenvalue weighted by atomic mass is 35.5. The number of alkyl halides is 2. The van der Waals surface area contributed by atoms with Gasteiger partial charge in [0.2, 0.25) is 0 Å². The standard InChI is InChI=1S/C23H36ClFN3O9PS2/c1-12(2)36-18(31)14(4)27-38(39,34-8-9-40-20(32)22(5,6)7)35-11-15-16(29)23(24,25)19(37-15)28-10-13(3)17(30)26-21(28)33/h10,12,14-16,19,29H,8-9,11H2,1-7H3,(H,27,39)(H,26,30,33). The van der Waals surface area contributed by atoms with Crippen LogP contribution in [-0.4, -0.2) is 74.2 Å². The third kappa shape index (κ3) is 9.17. The number of esters is 1. The Morgan fingerprint density at radius 2 is 1.98 bits per heavy atom. The van der Waals surface area contributed by atoms with Crippen molar-refractivity contribution in [2.75, 3.05) is 19.0 Å². The van der Waals surface area contributed by atoms with Gasteiger partial charge in [-0.3, -0.25) is 23.9 Å². The summed E-state index contributed by atoms with van der Waals surface area (Å²) < 4.78 is 38.4. The lowest BCUT2D eigenvalue weighted by Crippen LogP contribution is -2.42. The van der Waals surface area contributed by atoms with E-state index in [0.29, 0.717) is 0 Å². The minimum absolute atomic E-state index is 0.0337. The number of aryl methyl sites for hydroxylation is 1. The van der Waals surface area contributed by atoms with Crippen molar-refractivity contribution in [3.8, 4) is 0 Å².